The average Bonchev–Trinajstić information content (AvgIpc) is 3.10. The third-order valence-corrected chi connectivity index (χ3v) is 6.12. The Morgan fingerprint density at radius 2 is 1.93 bits per heavy atom. The maximum atomic E-state index is 12.3. The molecule has 0 spiro atoms. The lowest BCUT2D eigenvalue weighted by molar-refractivity contribution is -0.129. The maximum Gasteiger partial charge on any atom is 0.363 e. The van der Waals surface area contributed by atoms with Gasteiger partial charge in [0.25, 0.3) is 0 Å². The van der Waals surface area contributed by atoms with E-state index in [4.69, 9.17) is 21.1 Å². The van der Waals surface area contributed by atoms with Crippen molar-refractivity contribution in [2.24, 2.45) is 4.99 Å². The quantitative estimate of drug-likeness (QED) is 0.225. The van der Waals surface area contributed by atoms with Gasteiger partial charge in [0.15, 0.2) is 5.70 Å². The summed E-state index contributed by atoms with van der Waals surface area (Å²) in [6, 6.07) is 20.8. The number of hydrogen-bond acceptors (Lipinski definition) is 4. The fourth-order valence-electron chi connectivity index (χ4n) is 2.94. The Kier molecular flexibility index (Phi) is 6.20. The molecule has 0 radical (unpaired) electrons. The summed E-state index contributed by atoms with van der Waals surface area (Å²) < 4.78 is 12.4. The topological polar surface area (TPSA) is 47.9 Å². The van der Waals surface area contributed by atoms with E-state index in [2.05, 4.69) is 27.6 Å². The van der Waals surface area contributed by atoms with Crippen molar-refractivity contribution in [3.05, 3.63) is 103 Å². The maximum absolute atomic E-state index is 12.3. The second-order valence-electron chi connectivity index (χ2n) is 6.75. The number of rotatable bonds is 5. The van der Waals surface area contributed by atoms with Crippen LogP contribution in [0, 0.1) is 10.5 Å². The van der Waals surface area contributed by atoms with Crippen LogP contribution >= 0.6 is 34.2 Å². The predicted octanol–water partition coefficient (Wildman–Crippen LogP) is 6.18. The number of carbonyl (C=O) groups excluding carboxylic acids is 1. The summed E-state index contributed by atoms with van der Waals surface area (Å²) in [5.41, 5.74) is 3.84. The van der Waals surface area contributed by atoms with Gasteiger partial charge in [-0.1, -0.05) is 41.9 Å². The van der Waals surface area contributed by atoms with Gasteiger partial charge in [0.2, 0.25) is 5.90 Å². The number of benzene rings is 3. The van der Waals surface area contributed by atoms with Crippen LogP contribution in [0.2, 0.25) is 5.02 Å². The van der Waals surface area contributed by atoms with E-state index in [1.165, 1.54) is 0 Å². The summed E-state index contributed by atoms with van der Waals surface area (Å²) in [5.74, 6) is 0.522. The molecular formula is C24H17ClINO3. The lowest BCUT2D eigenvalue weighted by Crippen LogP contribution is -2.05. The van der Waals surface area contributed by atoms with Gasteiger partial charge < -0.3 is 9.47 Å². The first-order valence-corrected chi connectivity index (χ1v) is 10.7. The monoisotopic (exact) mass is 529 g/mol. The van der Waals surface area contributed by atoms with E-state index >= 15 is 0 Å². The van der Waals surface area contributed by atoms with Crippen LogP contribution in [-0.2, 0) is 16.1 Å². The van der Waals surface area contributed by atoms with Gasteiger partial charge in [-0.15, -0.1) is 0 Å². The molecule has 0 aromatic heterocycles. The Bertz CT molecular complexity index is 1190. The van der Waals surface area contributed by atoms with Crippen LogP contribution < -0.4 is 4.74 Å². The standard InChI is InChI=1S/C24H17ClINO3/c1-15-11-17(9-10-21(15)26)23-27-22(24(28)30-23)13-16-5-4-7-19(12-16)29-14-18-6-2-3-8-20(18)25/h2-13H,14H2,1H3/b22-13-. The second kappa shape index (κ2) is 9.02. The molecule has 4 nitrogen and oxygen atoms in total. The molecule has 0 bridgehead atoms. The fourth-order valence-corrected chi connectivity index (χ4v) is 3.46. The van der Waals surface area contributed by atoms with Crippen LogP contribution in [0.5, 0.6) is 5.75 Å². The molecule has 0 saturated heterocycles. The number of nitrogens with zero attached hydrogens (tertiary/aromatic N) is 1. The molecule has 0 atom stereocenters. The van der Waals surface area contributed by atoms with Crippen molar-refractivity contribution in [3.8, 4) is 5.75 Å². The Labute approximate surface area is 193 Å². The van der Waals surface area contributed by atoms with Crippen LogP contribution in [-0.4, -0.2) is 11.9 Å². The normalized spacial score (nSPS) is 14.6. The van der Waals surface area contributed by atoms with E-state index in [0.29, 0.717) is 23.3 Å². The van der Waals surface area contributed by atoms with Gasteiger partial charge in [-0.05, 0) is 83.1 Å². The zero-order valence-electron chi connectivity index (χ0n) is 16.1. The number of carbonyl (C=O) groups is 1. The number of aliphatic imine (C=N–C) groups is 1. The van der Waals surface area contributed by atoms with E-state index in [-0.39, 0.29) is 5.70 Å². The molecule has 0 aliphatic carbocycles. The highest BCUT2D eigenvalue weighted by Gasteiger charge is 2.24. The van der Waals surface area contributed by atoms with Crippen molar-refractivity contribution >= 4 is 52.1 Å². The molecule has 1 aliphatic heterocycles. The molecular weight excluding hydrogens is 513 g/mol. The molecule has 1 aliphatic rings. The highest BCUT2D eigenvalue weighted by Crippen LogP contribution is 2.24. The Hall–Kier alpha value is -2.64. The van der Waals surface area contributed by atoms with Gasteiger partial charge in [-0.2, -0.15) is 0 Å². The van der Waals surface area contributed by atoms with Crippen molar-refractivity contribution in [2.75, 3.05) is 0 Å². The Morgan fingerprint density at radius 1 is 1.10 bits per heavy atom. The molecule has 3 aromatic carbocycles. The van der Waals surface area contributed by atoms with Crippen molar-refractivity contribution in [1.29, 1.82) is 0 Å². The third kappa shape index (κ3) is 4.74. The predicted molar refractivity (Wildman–Crippen MR) is 127 cm³/mol. The van der Waals surface area contributed by atoms with Crippen molar-refractivity contribution < 1.29 is 14.3 Å². The number of esters is 1. The van der Waals surface area contributed by atoms with Crippen LogP contribution in [0.4, 0.5) is 0 Å². The molecule has 0 unspecified atom stereocenters. The molecule has 0 saturated carbocycles. The van der Waals surface area contributed by atoms with Gasteiger partial charge in [0.1, 0.15) is 12.4 Å². The summed E-state index contributed by atoms with van der Waals surface area (Å²) >= 11 is 8.44. The van der Waals surface area contributed by atoms with Crippen molar-refractivity contribution in [3.63, 3.8) is 0 Å². The summed E-state index contributed by atoms with van der Waals surface area (Å²) in [7, 11) is 0. The van der Waals surface area contributed by atoms with E-state index in [1.54, 1.807) is 6.08 Å². The van der Waals surface area contributed by atoms with E-state index < -0.39 is 5.97 Å². The molecule has 3 aromatic rings. The van der Waals surface area contributed by atoms with E-state index in [0.717, 1.165) is 25.8 Å². The number of aryl methyl sites for hydroxylation is 1. The molecule has 0 fully saturated rings. The Balaban J connectivity index is 1.53. The number of halogens is 2. The highest BCUT2D eigenvalue weighted by atomic mass is 127. The average molecular weight is 530 g/mol. The molecule has 4 rings (SSSR count). The van der Waals surface area contributed by atoms with Crippen molar-refractivity contribution in [1.82, 2.24) is 0 Å². The van der Waals surface area contributed by atoms with Crippen molar-refractivity contribution in [2.45, 2.75) is 13.5 Å². The third-order valence-electron chi connectivity index (χ3n) is 4.54. The zero-order chi connectivity index (χ0) is 21.1. The first-order chi connectivity index (χ1) is 14.5. The first kappa shape index (κ1) is 20.6. The minimum Gasteiger partial charge on any atom is -0.489 e. The molecule has 150 valence electrons. The lowest BCUT2D eigenvalue weighted by Gasteiger charge is -2.08. The van der Waals surface area contributed by atoms with Gasteiger partial charge in [-0.3, -0.25) is 0 Å². The lowest BCUT2D eigenvalue weighted by atomic mass is 10.1. The summed E-state index contributed by atoms with van der Waals surface area (Å²) in [4.78, 5) is 16.7. The Morgan fingerprint density at radius 3 is 2.73 bits per heavy atom. The van der Waals surface area contributed by atoms with Gasteiger partial charge in [-0.25, -0.2) is 9.79 Å². The molecule has 6 heteroatoms. The van der Waals surface area contributed by atoms with E-state index in [1.807, 2.05) is 73.7 Å². The van der Waals surface area contributed by atoms with Crippen LogP contribution in [0.15, 0.2) is 77.4 Å². The molecule has 0 amide bonds. The number of ether oxygens (including phenoxy) is 2. The smallest absolute Gasteiger partial charge is 0.363 e. The SMILES string of the molecule is Cc1cc(C2=N/C(=C\c3cccc(OCc4ccccc4Cl)c3)C(=O)O2)ccc1I. The first-order valence-electron chi connectivity index (χ1n) is 9.25. The summed E-state index contributed by atoms with van der Waals surface area (Å²) in [6.45, 7) is 2.36. The minimum absolute atomic E-state index is 0.254. The van der Waals surface area contributed by atoms with Crippen LogP contribution in [0.1, 0.15) is 22.3 Å². The van der Waals surface area contributed by atoms with Gasteiger partial charge >= 0.3 is 5.97 Å². The fraction of sp³-hybridized carbons (Fsp3) is 0.0833. The van der Waals surface area contributed by atoms with Gasteiger partial charge in [0.05, 0.1) is 0 Å². The van der Waals surface area contributed by atoms with Crippen LogP contribution in [0.25, 0.3) is 6.08 Å². The summed E-state index contributed by atoms with van der Waals surface area (Å²) in [6.07, 6.45) is 1.69. The van der Waals surface area contributed by atoms with Crippen LogP contribution in [0.3, 0.4) is 0 Å². The highest BCUT2D eigenvalue weighted by molar-refractivity contribution is 14.1. The number of hydrogen-bond donors (Lipinski definition) is 0. The summed E-state index contributed by atoms with van der Waals surface area (Å²) in [5, 5.41) is 0.664. The molecule has 0 N–H and O–H groups in total. The van der Waals surface area contributed by atoms with Gasteiger partial charge in [0, 0.05) is 19.7 Å². The zero-order valence-corrected chi connectivity index (χ0v) is 19.0. The largest absolute Gasteiger partial charge is 0.489 e. The number of cyclic esters (lactones) is 1. The molecule has 30 heavy (non-hydrogen) atoms. The minimum atomic E-state index is -0.469. The second-order valence-corrected chi connectivity index (χ2v) is 8.32. The molecule has 1 heterocycles. The van der Waals surface area contributed by atoms with E-state index in [9.17, 15) is 4.79 Å².